The van der Waals surface area contributed by atoms with E-state index in [-0.39, 0.29) is 0 Å². The molecule has 0 saturated carbocycles. The SMILES string of the molecule is Cc1cc(/C=C2/C=CC=N2)c2c(C)ccc(C(C)C)cc1-2. The normalized spacial score (nSPS) is 15.8. The highest BCUT2D eigenvalue weighted by Crippen LogP contribution is 2.37. The van der Waals surface area contributed by atoms with Crippen molar-refractivity contribution in [2.24, 2.45) is 4.99 Å². The summed E-state index contributed by atoms with van der Waals surface area (Å²) < 4.78 is 0. The first-order valence-electron chi connectivity index (χ1n) is 7.52. The van der Waals surface area contributed by atoms with Gasteiger partial charge in [0.05, 0.1) is 5.70 Å². The Morgan fingerprint density at radius 2 is 1.86 bits per heavy atom. The van der Waals surface area contributed by atoms with Crippen molar-refractivity contribution in [2.75, 3.05) is 0 Å². The summed E-state index contributed by atoms with van der Waals surface area (Å²) in [4.78, 5) is 4.36. The molecule has 0 aromatic rings. The number of aliphatic imine (C=N–C) groups is 1. The second-order valence-electron chi connectivity index (χ2n) is 6.09. The summed E-state index contributed by atoms with van der Waals surface area (Å²) in [5.41, 5.74) is 9.05. The summed E-state index contributed by atoms with van der Waals surface area (Å²) in [7, 11) is 0. The van der Waals surface area contributed by atoms with Crippen molar-refractivity contribution in [1.29, 1.82) is 0 Å². The van der Waals surface area contributed by atoms with Crippen LogP contribution in [0.5, 0.6) is 0 Å². The monoisotopic (exact) mass is 275 g/mol. The van der Waals surface area contributed by atoms with Gasteiger partial charge in [-0.25, -0.2) is 0 Å². The van der Waals surface area contributed by atoms with Crippen LogP contribution in [0.15, 0.2) is 47.1 Å². The summed E-state index contributed by atoms with van der Waals surface area (Å²) in [6.07, 6.45) is 8.05. The lowest BCUT2D eigenvalue weighted by Crippen LogP contribution is -1.84. The van der Waals surface area contributed by atoms with Crippen LogP contribution in [0.4, 0.5) is 0 Å². The highest BCUT2D eigenvalue weighted by Gasteiger charge is 2.15. The van der Waals surface area contributed by atoms with E-state index in [1.165, 1.54) is 33.4 Å². The Labute approximate surface area is 127 Å². The fraction of sp³-hybridized carbons (Fsp3) is 0.250. The zero-order chi connectivity index (χ0) is 15.0. The minimum Gasteiger partial charge on any atom is -0.257 e. The third-order valence-electron chi connectivity index (χ3n) is 4.13. The fourth-order valence-electron chi connectivity index (χ4n) is 2.91. The van der Waals surface area contributed by atoms with Gasteiger partial charge in [0.15, 0.2) is 0 Å². The minimum atomic E-state index is 0.540. The molecule has 1 heteroatoms. The van der Waals surface area contributed by atoms with Crippen LogP contribution in [0.25, 0.3) is 17.2 Å². The lowest BCUT2D eigenvalue weighted by Gasteiger charge is -2.04. The summed E-state index contributed by atoms with van der Waals surface area (Å²) in [6.45, 7) is 8.88. The molecule has 0 bridgehead atoms. The van der Waals surface area contributed by atoms with Crippen molar-refractivity contribution in [3.63, 3.8) is 0 Å². The molecule has 3 aliphatic rings. The lowest BCUT2D eigenvalue weighted by molar-refractivity contribution is 0.868. The Balaban J connectivity index is 2.21. The smallest absolute Gasteiger partial charge is 0.0636 e. The van der Waals surface area contributed by atoms with Crippen LogP contribution >= 0.6 is 0 Å². The van der Waals surface area contributed by atoms with E-state index in [0.717, 1.165) is 5.70 Å². The van der Waals surface area contributed by atoms with Crippen molar-refractivity contribution in [3.8, 4) is 11.1 Å². The number of hydrogen-bond donors (Lipinski definition) is 0. The van der Waals surface area contributed by atoms with Gasteiger partial charge in [-0.1, -0.05) is 38.1 Å². The maximum absolute atomic E-state index is 4.36. The van der Waals surface area contributed by atoms with Crippen LogP contribution in [0, 0.1) is 13.8 Å². The first kappa shape index (κ1) is 13.8. The summed E-state index contributed by atoms with van der Waals surface area (Å²) in [6, 6.07) is 9.12. The molecule has 1 heterocycles. The third kappa shape index (κ3) is 2.56. The molecule has 0 unspecified atom stereocenters. The molecule has 0 saturated heterocycles. The Kier molecular flexibility index (Phi) is 3.50. The van der Waals surface area contributed by atoms with Gasteiger partial charge in [-0.2, -0.15) is 0 Å². The van der Waals surface area contributed by atoms with E-state index in [1.807, 2.05) is 18.4 Å². The van der Waals surface area contributed by atoms with Crippen molar-refractivity contribution >= 4 is 12.3 Å². The second kappa shape index (κ2) is 5.33. The van der Waals surface area contributed by atoms with E-state index in [4.69, 9.17) is 0 Å². The van der Waals surface area contributed by atoms with E-state index in [2.05, 4.69) is 63.0 Å². The van der Waals surface area contributed by atoms with Crippen LogP contribution in [0.3, 0.4) is 0 Å². The average molecular weight is 275 g/mol. The third-order valence-corrected chi connectivity index (χ3v) is 4.13. The van der Waals surface area contributed by atoms with Gasteiger partial charge in [-0.15, -0.1) is 0 Å². The maximum atomic E-state index is 4.36. The average Bonchev–Trinajstić information content (AvgIpc) is 2.98. The molecule has 0 aromatic heterocycles. The van der Waals surface area contributed by atoms with Crippen LogP contribution in [-0.4, -0.2) is 6.21 Å². The molecule has 21 heavy (non-hydrogen) atoms. The number of fused-ring (bicyclic) bond motifs is 1. The maximum Gasteiger partial charge on any atom is 0.0636 e. The first-order chi connectivity index (χ1) is 10.1. The van der Waals surface area contributed by atoms with E-state index in [0.29, 0.717) is 5.92 Å². The predicted octanol–water partition coefficient (Wildman–Crippen LogP) is 5.51. The van der Waals surface area contributed by atoms with Crippen LogP contribution in [-0.2, 0) is 0 Å². The quantitative estimate of drug-likeness (QED) is 0.685. The van der Waals surface area contributed by atoms with Crippen molar-refractivity contribution < 1.29 is 0 Å². The van der Waals surface area contributed by atoms with Gasteiger partial charge >= 0.3 is 0 Å². The van der Waals surface area contributed by atoms with Crippen molar-refractivity contribution in [2.45, 2.75) is 33.6 Å². The van der Waals surface area contributed by atoms with E-state index in [1.54, 1.807) is 0 Å². The van der Waals surface area contributed by atoms with Gasteiger partial charge in [0, 0.05) is 6.21 Å². The van der Waals surface area contributed by atoms with Crippen LogP contribution < -0.4 is 0 Å². The number of allylic oxidation sites excluding steroid dienone is 2. The molecular weight excluding hydrogens is 254 g/mol. The van der Waals surface area contributed by atoms with Gasteiger partial charge in [0.1, 0.15) is 0 Å². The number of rotatable bonds is 2. The molecule has 3 rings (SSSR count). The van der Waals surface area contributed by atoms with Gasteiger partial charge in [0.2, 0.25) is 0 Å². The molecule has 1 aliphatic heterocycles. The predicted molar refractivity (Wildman–Crippen MR) is 92.2 cm³/mol. The van der Waals surface area contributed by atoms with Gasteiger partial charge < -0.3 is 0 Å². The molecule has 2 aliphatic carbocycles. The number of hydrogen-bond acceptors (Lipinski definition) is 1. The summed E-state index contributed by atoms with van der Waals surface area (Å²) in [5, 5.41) is 0. The molecular formula is C20H21N. The molecule has 0 spiro atoms. The van der Waals surface area contributed by atoms with Gasteiger partial charge in [0.25, 0.3) is 0 Å². The Hall–Kier alpha value is -2.15. The Bertz CT molecular complexity index is 731. The fourth-order valence-corrected chi connectivity index (χ4v) is 2.91. The molecule has 0 atom stereocenters. The summed E-state index contributed by atoms with van der Waals surface area (Å²) >= 11 is 0. The van der Waals surface area contributed by atoms with Crippen LogP contribution in [0.2, 0.25) is 0 Å². The van der Waals surface area contributed by atoms with Crippen molar-refractivity contribution in [1.82, 2.24) is 0 Å². The molecule has 0 fully saturated rings. The molecule has 0 N–H and O–H groups in total. The van der Waals surface area contributed by atoms with E-state index < -0.39 is 0 Å². The largest absolute Gasteiger partial charge is 0.257 e. The Morgan fingerprint density at radius 1 is 1.05 bits per heavy atom. The number of nitrogens with zero attached hydrogens (tertiary/aromatic N) is 1. The first-order valence-corrected chi connectivity index (χ1v) is 7.52. The second-order valence-corrected chi connectivity index (χ2v) is 6.09. The highest BCUT2D eigenvalue weighted by atomic mass is 14.7. The standard InChI is InChI=1S/C20H21N/c1-13(2)16-8-7-14(3)20-17(10-15(4)19(20)12-16)11-18-6-5-9-21-18/h5-13H,1-4H3/b18-11-. The Morgan fingerprint density at radius 3 is 2.52 bits per heavy atom. The molecule has 0 radical (unpaired) electrons. The highest BCUT2D eigenvalue weighted by molar-refractivity contribution is 5.87. The van der Waals surface area contributed by atoms with Crippen molar-refractivity contribution in [3.05, 3.63) is 64.4 Å². The van der Waals surface area contributed by atoms with Gasteiger partial charge in [-0.3, -0.25) is 4.99 Å². The minimum absolute atomic E-state index is 0.540. The lowest BCUT2D eigenvalue weighted by atomic mass is 10.0. The van der Waals surface area contributed by atoms with E-state index in [9.17, 15) is 0 Å². The molecule has 1 nitrogen and oxygen atoms in total. The molecule has 0 amide bonds. The van der Waals surface area contributed by atoms with E-state index >= 15 is 0 Å². The molecule has 106 valence electrons. The number of aryl methyl sites for hydroxylation is 2. The van der Waals surface area contributed by atoms with Gasteiger partial charge in [-0.05, 0) is 71.4 Å². The zero-order valence-corrected chi connectivity index (χ0v) is 13.1. The summed E-state index contributed by atoms with van der Waals surface area (Å²) in [5.74, 6) is 0.540. The molecule has 0 aromatic carbocycles. The topological polar surface area (TPSA) is 12.4 Å². The zero-order valence-electron chi connectivity index (χ0n) is 13.1. The van der Waals surface area contributed by atoms with Crippen LogP contribution in [0.1, 0.15) is 42.0 Å².